The Hall–Kier alpha value is -2.01. The number of hydrogen-bond donors (Lipinski definition) is 2. The molecule has 0 atom stereocenters. The highest BCUT2D eigenvalue weighted by atomic mass is 79.9. The Morgan fingerprint density at radius 1 is 0.960 bits per heavy atom. The Morgan fingerprint density at radius 3 is 2.32 bits per heavy atom. The van der Waals surface area contributed by atoms with E-state index in [0.717, 1.165) is 34.6 Å². The van der Waals surface area contributed by atoms with Crippen LogP contribution in [0.1, 0.15) is 32.6 Å². The number of halogens is 1. The van der Waals surface area contributed by atoms with E-state index in [1.807, 2.05) is 48.5 Å². The number of nitrogens with one attached hydrogen (secondary N) is 2. The van der Waals surface area contributed by atoms with Crippen molar-refractivity contribution in [1.29, 1.82) is 0 Å². The Labute approximate surface area is 158 Å². The molecule has 0 saturated heterocycles. The van der Waals surface area contributed by atoms with Gasteiger partial charge in [0.1, 0.15) is 5.75 Å². The van der Waals surface area contributed by atoms with Crippen LogP contribution in [0.3, 0.4) is 0 Å². The maximum atomic E-state index is 12.0. The summed E-state index contributed by atoms with van der Waals surface area (Å²) in [7, 11) is 0. The Kier molecular flexibility index (Phi) is 8.32. The van der Waals surface area contributed by atoms with Gasteiger partial charge in [-0.15, -0.1) is 0 Å². The van der Waals surface area contributed by atoms with Gasteiger partial charge in [0.25, 0.3) is 0 Å². The zero-order valence-corrected chi connectivity index (χ0v) is 16.1. The smallest absolute Gasteiger partial charge is 0.243 e. The fourth-order valence-electron chi connectivity index (χ4n) is 2.31. The molecule has 4 nitrogen and oxygen atoms in total. The van der Waals surface area contributed by atoms with Crippen LogP contribution >= 0.6 is 15.9 Å². The average molecular weight is 405 g/mol. The maximum Gasteiger partial charge on any atom is 0.243 e. The third kappa shape index (κ3) is 7.61. The molecule has 0 spiro atoms. The lowest BCUT2D eigenvalue weighted by atomic mass is 10.2. The molecule has 0 fully saturated rings. The van der Waals surface area contributed by atoms with Crippen molar-refractivity contribution in [1.82, 2.24) is 0 Å². The van der Waals surface area contributed by atoms with Crippen molar-refractivity contribution >= 4 is 33.2 Å². The summed E-state index contributed by atoms with van der Waals surface area (Å²) >= 11 is 3.38. The van der Waals surface area contributed by atoms with Crippen molar-refractivity contribution in [3.8, 4) is 5.75 Å². The fourth-order valence-corrected chi connectivity index (χ4v) is 2.57. The lowest BCUT2D eigenvalue weighted by Gasteiger charge is -2.09. The van der Waals surface area contributed by atoms with Gasteiger partial charge in [0.15, 0.2) is 0 Å². The van der Waals surface area contributed by atoms with E-state index in [1.165, 1.54) is 19.3 Å². The van der Waals surface area contributed by atoms with Crippen LogP contribution < -0.4 is 15.4 Å². The van der Waals surface area contributed by atoms with Gasteiger partial charge >= 0.3 is 0 Å². The monoisotopic (exact) mass is 404 g/mol. The predicted molar refractivity (Wildman–Crippen MR) is 107 cm³/mol. The van der Waals surface area contributed by atoms with Crippen molar-refractivity contribution in [2.24, 2.45) is 0 Å². The van der Waals surface area contributed by atoms with Crippen molar-refractivity contribution in [2.45, 2.75) is 32.6 Å². The van der Waals surface area contributed by atoms with Gasteiger partial charge in [-0.25, -0.2) is 0 Å². The minimum atomic E-state index is -0.0869. The molecule has 5 heteroatoms. The standard InChI is InChI=1S/C20H25BrN2O2/c1-2-3-4-5-14-25-19-12-10-18(11-13-19)23-20(24)15-22-17-8-6-16(21)7-9-17/h6-13,22H,2-5,14-15H2,1H3,(H,23,24). The van der Waals surface area contributed by atoms with Crippen LogP contribution in [-0.4, -0.2) is 19.1 Å². The largest absolute Gasteiger partial charge is 0.494 e. The summed E-state index contributed by atoms with van der Waals surface area (Å²) in [6.45, 7) is 3.16. The number of ether oxygens (including phenoxy) is 1. The van der Waals surface area contributed by atoms with Crippen LogP contribution in [0.15, 0.2) is 53.0 Å². The average Bonchev–Trinajstić information content (AvgIpc) is 2.62. The molecule has 0 aliphatic carbocycles. The predicted octanol–water partition coefficient (Wildman–Crippen LogP) is 5.46. The molecule has 0 aromatic heterocycles. The molecule has 2 rings (SSSR count). The van der Waals surface area contributed by atoms with Gasteiger partial charge in [0.2, 0.25) is 5.91 Å². The van der Waals surface area contributed by atoms with Crippen LogP contribution in [-0.2, 0) is 4.79 Å². The van der Waals surface area contributed by atoms with Gasteiger partial charge < -0.3 is 15.4 Å². The molecule has 2 N–H and O–H groups in total. The number of carbonyl (C=O) groups is 1. The van der Waals surface area contributed by atoms with E-state index >= 15 is 0 Å². The van der Waals surface area contributed by atoms with Crippen LogP contribution in [0.25, 0.3) is 0 Å². The normalized spacial score (nSPS) is 10.3. The van der Waals surface area contributed by atoms with Gasteiger partial charge in [-0.3, -0.25) is 4.79 Å². The number of anilines is 2. The highest BCUT2D eigenvalue weighted by molar-refractivity contribution is 9.10. The maximum absolute atomic E-state index is 12.0. The van der Waals surface area contributed by atoms with E-state index in [2.05, 4.69) is 33.5 Å². The van der Waals surface area contributed by atoms with E-state index in [9.17, 15) is 4.79 Å². The van der Waals surface area contributed by atoms with Crippen molar-refractivity contribution in [3.63, 3.8) is 0 Å². The first-order valence-electron chi connectivity index (χ1n) is 8.69. The number of hydrogen-bond acceptors (Lipinski definition) is 3. The molecule has 0 saturated carbocycles. The molecular formula is C20H25BrN2O2. The zero-order chi connectivity index (χ0) is 17.9. The SMILES string of the molecule is CCCCCCOc1ccc(NC(=O)CNc2ccc(Br)cc2)cc1. The number of unbranched alkanes of at least 4 members (excludes halogenated alkanes) is 3. The van der Waals surface area contributed by atoms with E-state index < -0.39 is 0 Å². The number of amides is 1. The topological polar surface area (TPSA) is 50.4 Å². The van der Waals surface area contributed by atoms with Crippen LogP contribution in [0.2, 0.25) is 0 Å². The molecule has 0 bridgehead atoms. The second kappa shape index (κ2) is 10.8. The minimum absolute atomic E-state index is 0.0869. The summed E-state index contributed by atoms with van der Waals surface area (Å²) in [6.07, 6.45) is 4.76. The molecule has 0 radical (unpaired) electrons. The number of rotatable bonds is 10. The molecule has 0 heterocycles. The van der Waals surface area contributed by atoms with Gasteiger partial charge in [0, 0.05) is 15.8 Å². The molecule has 0 aliphatic heterocycles. The lowest BCUT2D eigenvalue weighted by molar-refractivity contribution is -0.114. The first kappa shape index (κ1) is 19.3. The summed E-state index contributed by atoms with van der Waals surface area (Å²) in [5.41, 5.74) is 1.67. The van der Waals surface area contributed by atoms with Gasteiger partial charge in [0.05, 0.1) is 13.2 Å². The summed E-state index contributed by atoms with van der Waals surface area (Å²) in [4.78, 5) is 12.0. The number of benzene rings is 2. The second-order valence-corrected chi connectivity index (χ2v) is 6.76. The molecule has 1 amide bonds. The Balaban J connectivity index is 1.70. The molecule has 2 aromatic rings. The molecule has 2 aromatic carbocycles. The van der Waals surface area contributed by atoms with E-state index in [4.69, 9.17) is 4.74 Å². The summed E-state index contributed by atoms with van der Waals surface area (Å²) in [5.74, 6) is 0.749. The van der Waals surface area contributed by atoms with Crippen molar-refractivity contribution in [2.75, 3.05) is 23.8 Å². The fraction of sp³-hybridized carbons (Fsp3) is 0.350. The van der Waals surface area contributed by atoms with Crippen LogP contribution in [0.5, 0.6) is 5.75 Å². The summed E-state index contributed by atoms with van der Waals surface area (Å²) in [6, 6.07) is 15.2. The van der Waals surface area contributed by atoms with Crippen LogP contribution in [0, 0.1) is 0 Å². The highest BCUT2D eigenvalue weighted by Crippen LogP contribution is 2.17. The van der Waals surface area contributed by atoms with Gasteiger partial charge in [-0.1, -0.05) is 42.1 Å². The molecule has 0 unspecified atom stereocenters. The van der Waals surface area contributed by atoms with E-state index in [0.29, 0.717) is 0 Å². The molecule has 0 aliphatic rings. The highest BCUT2D eigenvalue weighted by Gasteiger charge is 2.03. The minimum Gasteiger partial charge on any atom is -0.494 e. The van der Waals surface area contributed by atoms with Gasteiger partial charge in [-0.2, -0.15) is 0 Å². The quantitative estimate of drug-likeness (QED) is 0.516. The summed E-state index contributed by atoms with van der Waals surface area (Å²) in [5, 5.41) is 5.96. The Bertz CT molecular complexity index is 642. The van der Waals surface area contributed by atoms with Crippen molar-refractivity contribution in [3.05, 3.63) is 53.0 Å². The third-order valence-corrected chi connectivity index (χ3v) is 4.23. The van der Waals surface area contributed by atoms with Crippen LogP contribution in [0.4, 0.5) is 11.4 Å². The third-order valence-electron chi connectivity index (χ3n) is 3.70. The number of carbonyl (C=O) groups excluding carboxylic acids is 1. The second-order valence-electron chi connectivity index (χ2n) is 5.84. The van der Waals surface area contributed by atoms with Crippen molar-refractivity contribution < 1.29 is 9.53 Å². The van der Waals surface area contributed by atoms with E-state index in [1.54, 1.807) is 0 Å². The molecule has 25 heavy (non-hydrogen) atoms. The zero-order valence-electron chi connectivity index (χ0n) is 14.6. The lowest BCUT2D eigenvalue weighted by Crippen LogP contribution is -2.21. The van der Waals surface area contributed by atoms with E-state index in [-0.39, 0.29) is 12.5 Å². The molecular weight excluding hydrogens is 380 g/mol. The Morgan fingerprint density at radius 2 is 1.64 bits per heavy atom. The van der Waals surface area contributed by atoms with Gasteiger partial charge in [-0.05, 0) is 55.0 Å². The molecule has 134 valence electrons. The first-order valence-corrected chi connectivity index (χ1v) is 9.49. The summed E-state index contributed by atoms with van der Waals surface area (Å²) < 4.78 is 6.71. The first-order chi connectivity index (χ1) is 12.2.